The molecule has 0 aliphatic carbocycles. The van der Waals surface area contributed by atoms with E-state index in [9.17, 15) is 8.42 Å². The Hall–Kier alpha value is -0.880. The Morgan fingerprint density at radius 2 is 1.89 bits per heavy atom. The van der Waals surface area contributed by atoms with Gasteiger partial charge in [-0.05, 0) is 30.5 Å². The van der Waals surface area contributed by atoms with Crippen LogP contribution in [-0.2, 0) is 20.9 Å². The van der Waals surface area contributed by atoms with Crippen molar-refractivity contribution >= 4 is 33.1 Å². The lowest BCUT2D eigenvalue weighted by molar-refractivity contribution is 0.308. The van der Waals surface area contributed by atoms with Gasteiger partial charge in [-0.25, -0.2) is 0 Å². The summed E-state index contributed by atoms with van der Waals surface area (Å²) >= 11 is 7.22. The quantitative estimate of drug-likeness (QED) is 0.810. The SMILES string of the molecule is Cc1ccc(S(=O)(=O)OCc2ccsc2Cl)cc1. The summed E-state index contributed by atoms with van der Waals surface area (Å²) in [5.74, 6) is 0. The number of rotatable bonds is 4. The molecule has 1 aromatic carbocycles. The smallest absolute Gasteiger partial charge is 0.261 e. The van der Waals surface area contributed by atoms with E-state index >= 15 is 0 Å². The molecular formula is C12H11ClO3S2. The first-order valence-electron chi connectivity index (χ1n) is 5.17. The molecule has 0 aliphatic rings. The third-order valence-corrected chi connectivity index (χ3v) is 4.90. The highest BCUT2D eigenvalue weighted by atomic mass is 35.5. The van der Waals surface area contributed by atoms with Crippen molar-refractivity contribution < 1.29 is 12.6 Å². The van der Waals surface area contributed by atoms with E-state index in [1.54, 1.807) is 23.6 Å². The molecule has 0 unspecified atom stereocenters. The van der Waals surface area contributed by atoms with Gasteiger partial charge in [-0.3, -0.25) is 4.18 Å². The number of hydrogen-bond acceptors (Lipinski definition) is 4. The van der Waals surface area contributed by atoms with Crippen LogP contribution in [-0.4, -0.2) is 8.42 Å². The first-order chi connectivity index (χ1) is 8.49. The fourth-order valence-electron chi connectivity index (χ4n) is 1.34. The van der Waals surface area contributed by atoms with Crippen LogP contribution in [0.4, 0.5) is 0 Å². The van der Waals surface area contributed by atoms with Gasteiger partial charge in [-0.1, -0.05) is 29.3 Å². The van der Waals surface area contributed by atoms with Gasteiger partial charge in [-0.2, -0.15) is 8.42 Å². The second-order valence-electron chi connectivity index (χ2n) is 3.75. The highest BCUT2D eigenvalue weighted by Crippen LogP contribution is 2.24. The molecule has 2 rings (SSSR count). The lowest BCUT2D eigenvalue weighted by Gasteiger charge is -2.05. The topological polar surface area (TPSA) is 43.4 Å². The second-order valence-corrected chi connectivity index (χ2v) is 6.88. The van der Waals surface area contributed by atoms with E-state index < -0.39 is 10.1 Å². The van der Waals surface area contributed by atoms with Gasteiger partial charge in [-0.15, -0.1) is 11.3 Å². The van der Waals surface area contributed by atoms with E-state index in [4.69, 9.17) is 15.8 Å². The molecule has 18 heavy (non-hydrogen) atoms. The highest BCUT2D eigenvalue weighted by Gasteiger charge is 2.15. The summed E-state index contributed by atoms with van der Waals surface area (Å²) < 4.78 is 29.3. The molecule has 0 saturated carbocycles. The van der Waals surface area contributed by atoms with Crippen LogP contribution >= 0.6 is 22.9 Å². The maximum absolute atomic E-state index is 11.9. The van der Waals surface area contributed by atoms with Crippen molar-refractivity contribution in [3.63, 3.8) is 0 Å². The van der Waals surface area contributed by atoms with Crippen molar-refractivity contribution in [3.05, 3.63) is 51.2 Å². The number of hydrogen-bond donors (Lipinski definition) is 0. The number of benzene rings is 1. The van der Waals surface area contributed by atoms with Gasteiger partial charge in [0.25, 0.3) is 10.1 Å². The van der Waals surface area contributed by atoms with E-state index in [0.717, 1.165) is 5.56 Å². The Morgan fingerprint density at radius 1 is 1.22 bits per heavy atom. The summed E-state index contributed by atoms with van der Waals surface area (Å²) in [6.07, 6.45) is 0. The molecule has 0 amide bonds. The summed E-state index contributed by atoms with van der Waals surface area (Å²) in [5, 5.41) is 1.79. The summed E-state index contributed by atoms with van der Waals surface area (Å²) in [4.78, 5) is 0.152. The monoisotopic (exact) mass is 302 g/mol. The van der Waals surface area contributed by atoms with Crippen molar-refractivity contribution in [2.75, 3.05) is 0 Å². The zero-order chi connectivity index (χ0) is 13.2. The Labute approximate surface area is 115 Å². The molecule has 0 radical (unpaired) electrons. The van der Waals surface area contributed by atoms with E-state index in [1.807, 2.05) is 6.92 Å². The molecule has 2 aromatic rings. The normalized spacial score (nSPS) is 11.7. The van der Waals surface area contributed by atoms with E-state index in [0.29, 0.717) is 9.90 Å². The van der Waals surface area contributed by atoms with Gasteiger partial charge in [0.2, 0.25) is 0 Å². The van der Waals surface area contributed by atoms with Crippen LogP contribution in [0.2, 0.25) is 4.34 Å². The van der Waals surface area contributed by atoms with Gasteiger partial charge < -0.3 is 0 Å². The minimum atomic E-state index is -3.72. The predicted molar refractivity (Wildman–Crippen MR) is 72.5 cm³/mol. The van der Waals surface area contributed by atoms with Gasteiger partial charge in [0.15, 0.2) is 0 Å². The molecule has 96 valence electrons. The third-order valence-electron chi connectivity index (χ3n) is 2.37. The first-order valence-corrected chi connectivity index (χ1v) is 7.83. The van der Waals surface area contributed by atoms with Crippen molar-refractivity contribution in [3.8, 4) is 0 Å². The molecule has 1 aromatic heterocycles. The molecule has 3 nitrogen and oxygen atoms in total. The predicted octanol–water partition coefficient (Wildman–Crippen LogP) is 3.62. The van der Waals surface area contributed by atoms with E-state index in [2.05, 4.69) is 0 Å². The third kappa shape index (κ3) is 3.11. The van der Waals surface area contributed by atoms with Crippen LogP contribution < -0.4 is 0 Å². The summed E-state index contributed by atoms with van der Waals surface area (Å²) in [5.41, 5.74) is 1.67. The number of aryl methyl sites for hydroxylation is 1. The Balaban J connectivity index is 2.13. The van der Waals surface area contributed by atoms with E-state index in [1.165, 1.54) is 23.5 Å². The van der Waals surface area contributed by atoms with E-state index in [-0.39, 0.29) is 11.5 Å². The second kappa shape index (κ2) is 5.40. The minimum absolute atomic E-state index is 0.0431. The Bertz CT molecular complexity index is 630. The fourth-order valence-corrected chi connectivity index (χ4v) is 3.13. The van der Waals surface area contributed by atoms with Gasteiger partial charge in [0, 0.05) is 5.56 Å². The molecular weight excluding hydrogens is 292 g/mol. The molecule has 0 bridgehead atoms. The van der Waals surface area contributed by atoms with Crippen molar-refractivity contribution in [1.82, 2.24) is 0 Å². The lowest BCUT2D eigenvalue weighted by Crippen LogP contribution is -2.06. The maximum Gasteiger partial charge on any atom is 0.297 e. The van der Waals surface area contributed by atoms with Crippen LogP contribution in [0.5, 0.6) is 0 Å². The summed E-state index contributed by atoms with van der Waals surface area (Å²) in [6, 6.07) is 8.26. The zero-order valence-electron chi connectivity index (χ0n) is 9.59. The maximum atomic E-state index is 11.9. The average molecular weight is 303 g/mol. The average Bonchev–Trinajstić information content (AvgIpc) is 2.73. The van der Waals surface area contributed by atoms with Crippen LogP contribution in [0.15, 0.2) is 40.6 Å². The number of thiophene rings is 1. The fraction of sp³-hybridized carbons (Fsp3) is 0.167. The molecule has 6 heteroatoms. The molecule has 0 N–H and O–H groups in total. The Kier molecular flexibility index (Phi) is 4.07. The van der Waals surface area contributed by atoms with Crippen LogP contribution in [0.3, 0.4) is 0 Å². The largest absolute Gasteiger partial charge is 0.297 e. The summed E-state index contributed by atoms with van der Waals surface area (Å²) in [7, 11) is -3.72. The van der Waals surface area contributed by atoms with Gasteiger partial charge in [0.05, 0.1) is 15.8 Å². The van der Waals surface area contributed by atoms with Crippen LogP contribution in [0.25, 0.3) is 0 Å². The molecule has 0 atom stereocenters. The van der Waals surface area contributed by atoms with Crippen molar-refractivity contribution in [1.29, 1.82) is 0 Å². The number of halogens is 1. The molecule has 1 heterocycles. The molecule has 0 spiro atoms. The molecule has 0 fully saturated rings. The molecule has 0 saturated heterocycles. The van der Waals surface area contributed by atoms with Crippen LogP contribution in [0.1, 0.15) is 11.1 Å². The molecule has 0 aliphatic heterocycles. The van der Waals surface area contributed by atoms with Crippen molar-refractivity contribution in [2.45, 2.75) is 18.4 Å². The zero-order valence-corrected chi connectivity index (χ0v) is 12.0. The summed E-state index contributed by atoms with van der Waals surface area (Å²) in [6.45, 7) is 1.85. The standard InChI is InChI=1S/C12H11ClO3S2/c1-9-2-4-11(5-3-9)18(14,15)16-8-10-6-7-17-12(10)13/h2-7H,8H2,1H3. The highest BCUT2D eigenvalue weighted by molar-refractivity contribution is 7.86. The lowest BCUT2D eigenvalue weighted by atomic mass is 10.2. The van der Waals surface area contributed by atoms with Gasteiger partial charge >= 0.3 is 0 Å². The Morgan fingerprint density at radius 3 is 2.44 bits per heavy atom. The van der Waals surface area contributed by atoms with Crippen molar-refractivity contribution in [2.24, 2.45) is 0 Å². The van der Waals surface area contributed by atoms with Gasteiger partial charge in [0.1, 0.15) is 0 Å². The van der Waals surface area contributed by atoms with Crippen LogP contribution in [0, 0.1) is 6.92 Å². The first kappa shape index (κ1) is 13.5. The minimum Gasteiger partial charge on any atom is -0.261 e.